The van der Waals surface area contributed by atoms with E-state index < -0.39 is 5.97 Å². The Balaban J connectivity index is 2.42. The van der Waals surface area contributed by atoms with Crippen molar-refractivity contribution in [1.29, 1.82) is 0 Å². The van der Waals surface area contributed by atoms with Crippen molar-refractivity contribution in [3.8, 4) is 0 Å². The van der Waals surface area contributed by atoms with Crippen LogP contribution >= 0.6 is 0 Å². The number of aliphatic carboxylic acids is 1. The molecule has 0 bridgehead atoms. The minimum Gasteiger partial charge on any atom is -0.481 e. The van der Waals surface area contributed by atoms with E-state index in [1.54, 1.807) is 0 Å². The fourth-order valence-electron chi connectivity index (χ4n) is 1.58. The number of carbonyl (C=O) groups excluding carboxylic acids is 1. The predicted molar refractivity (Wildman–Crippen MR) is 50.0 cm³/mol. The van der Waals surface area contributed by atoms with E-state index >= 15 is 0 Å². The molecule has 0 aromatic heterocycles. The molecule has 0 aromatic rings. The summed E-state index contributed by atoms with van der Waals surface area (Å²) in [6.45, 7) is 4.11. The summed E-state index contributed by atoms with van der Waals surface area (Å²) < 4.78 is 5.47. The summed E-state index contributed by atoms with van der Waals surface area (Å²) in [7, 11) is 0. The van der Waals surface area contributed by atoms with E-state index in [1.165, 1.54) is 0 Å². The Kier molecular flexibility index (Phi) is 3.26. The van der Waals surface area contributed by atoms with Crippen molar-refractivity contribution in [3.05, 3.63) is 0 Å². The Morgan fingerprint density at radius 2 is 2.29 bits per heavy atom. The van der Waals surface area contributed by atoms with E-state index in [9.17, 15) is 9.59 Å². The van der Waals surface area contributed by atoms with Crippen molar-refractivity contribution in [2.45, 2.75) is 38.7 Å². The molecule has 1 atom stereocenters. The van der Waals surface area contributed by atoms with Crippen LogP contribution in [0.15, 0.2) is 0 Å². The van der Waals surface area contributed by atoms with E-state index in [4.69, 9.17) is 9.84 Å². The van der Waals surface area contributed by atoms with Gasteiger partial charge in [-0.15, -0.1) is 0 Å². The largest absolute Gasteiger partial charge is 0.481 e. The highest BCUT2D eigenvalue weighted by Crippen LogP contribution is 2.26. The van der Waals surface area contributed by atoms with Gasteiger partial charge in [-0.1, -0.05) is 0 Å². The van der Waals surface area contributed by atoms with Gasteiger partial charge in [-0.25, -0.2) is 0 Å². The van der Waals surface area contributed by atoms with Gasteiger partial charge in [0.1, 0.15) is 5.78 Å². The average Bonchev–Trinajstić information content (AvgIpc) is 2.00. The number of carboxylic acid groups (broad SMARTS) is 1. The molecule has 1 aliphatic rings. The molecule has 1 fully saturated rings. The highest BCUT2D eigenvalue weighted by atomic mass is 16.5. The van der Waals surface area contributed by atoms with Crippen LogP contribution in [0.3, 0.4) is 0 Å². The Morgan fingerprint density at radius 3 is 2.79 bits per heavy atom. The number of hydrogen-bond donors (Lipinski definition) is 1. The zero-order chi connectivity index (χ0) is 10.8. The summed E-state index contributed by atoms with van der Waals surface area (Å²) in [6, 6.07) is 0. The van der Waals surface area contributed by atoms with Crippen molar-refractivity contribution in [2.75, 3.05) is 6.61 Å². The first-order valence-electron chi connectivity index (χ1n) is 4.79. The maximum absolute atomic E-state index is 11.5. The monoisotopic (exact) mass is 200 g/mol. The van der Waals surface area contributed by atoms with Crippen LogP contribution < -0.4 is 0 Å². The lowest BCUT2D eigenvalue weighted by Crippen LogP contribution is -2.40. The number of ketones is 1. The molecule has 1 rings (SSSR count). The summed E-state index contributed by atoms with van der Waals surface area (Å²) in [5.74, 6) is -0.954. The quantitative estimate of drug-likeness (QED) is 0.744. The standard InChI is InChI=1S/C10H16O4/c1-10(2)5-8(11)7(6-14-10)3-4-9(12)13/h7H,3-6H2,1-2H3,(H,12,13). The molecule has 0 aliphatic carbocycles. The molecule has 0 amide bonds. The lowest BCUT2D eigenvalue weighted by molar-refractivity contribution is -0.146. The van der Waals surface area contributed by atoms with E-state index in [0.29, 0.717) is 19.4 Å². The number of carboxylic acids is 1. The third-order valence-electron chi connectivity index (χ3n) is 2.44. The van der Waals surface area contributed by atoms with Crippen molar-refractivity contribution in [2.24, 2.45) is 5.92 Å². The molecule has 0 radical (unpaired) electrons. The number of carbonyl (C=O) groups is 2. The molecule has 0 spiro atoms. The number of rotatable bonds is 3. The van der Waals surface area contributed by atoms with Crippen LogP contribution in [-0.4, -0.2) is 29.1 Å². The van der Waals surface area contributed by atoms with Crippen molar-refractivity contribution in [3.63, 3.8) is 0 Å². The molecule has 1 aliphatic heterocycles. The molecule has 0 aromatic carbocycles. The Hall–Kier alpha value is -0.900. The maximum atomic E-state index is 11.5. The second kappa shape index (κ2) is 4.09. The Morgan fingerprint density at radius 1 is 1.64 bits per heavy atom. The predicted octanol–water partition coefficient (Wildman–Crippen LogP) is 1.24. The third kappa shape index (κ3) is 3.10. The first-order valence-corrected chi connectivity index (χ1v) is 4.79. The zero-order valence-corrected chi connectivity index (χ0v) is 8.58. The summed E-state index contributed by atoms with van der Waals surface area (Å²) in [6.07, 6.45) is 0.821. The van der Waals surface area contributed by atoms with Gasteiger partial charge in [0.05, 0.1) is 12.2 Å². The van der Waals surface area contributed by atoms with Crippen LogP contribution in [0.4, 0.5) is 0 Å². The summed E-state index contributed by atoms with van der Waals surface area (Å²) in [5.41, 5.74) is -0.378. The van der Waals surface area contributed by atoms with Crippen molar-refractivity contribution >= 4 is 11.8 Å². The molecule has 4 nitrogen and oxygen atoms in total. The molecule has 1 heterocycles. The topological polar surface area (TPSA) is 63.6 Å². The zero-order valence-electron chi connectivity index (χ0n) is 8.58. The van der Waals surface area contributed by atoms with Gasteiger partial charge >= 0.3 is 5.97 Å². The SMILES string of the molecule is CC1(C)CC(=O)C(CCC(=O)O)CO1. The molecule has 4 heteroatoms. The Bertz CT molecular complexity index is 245. The van der Waals surface area contributed by atoms with Crippen LogP contribution in [-0.2, 0) is 14.3 Å². The normalized spacial score (nSPS) is 26.1. The highest BCUT2D eigenvalue weighted by molar-refractivity contribution is 5.83. The van der Waals surface area contributed by atoms with E-state index in [-0.39, 0.29) is 23.7 Å². The average molecular weight is 200 g/mol. The highest BCUT2D eigenvalue weighted by Gasteiger charge is 2.34. The number of Topliss-reactive ketones (excluding diaryl/α,β-unsaturated/α-hetero) is 1. The summed E-state index contributed by atoms with van der Waals surface area (Å²) in [5, 5.41) is 8.48. The van der Waals surface area contributed by atoms with Crippen LogP contribution in [0.5, 0.6) is 0 Å². The van der Waals surface area contributed by atoms with Crippen LogP contribution in [0.25, 0.3) is 0 Å². The first-order chi connectivity index (χ1) is 6.41. The van der Waals surface area contributed by atoms with Crippen LogP contribution in [0.1, 0.15) is 33.1 Å². The van der Waals surface area contributed by atoms with Gasteiger partial charge in [-0.2, -0.15) is 0 Å². The fourth-order valence-corrected chi connectivity index (χ4v) is 1.58. The van der Waals surface area contributed by atoms with Gasteiger partial charge in [0.2, 0.25) is 0 Å². The molecular formula is C10H16O4. The van der Waals surface area contributed by atoms with Crippen LogP contribution in [0.2, 0.25) is 0 Å². The second-order valence-electron chi connectivity index (χ2n) is 4.34. The van der Waals surface area contributed by atoms with E-state index in [1.807, 2.05) is 13.8 Å². The minimum atomic E-state index is -0.859. The Labute approximate surface area is 83.2 Å². The van der Waals surface area contributed by atoms with E-state index in [0.717, 1.165) is 0 Å². The van der Waals surface area contributed by atoms with Crippen molar-refractivity contribution < 1.29 is 19.4 Å². The lowest BCUT2D eigenvalue weighted by Gasteiger charge is -2.33. The van der Waals surface area contributed by atoms with Crippen LogP contribution in [0, 0.1) is 5.92 Å². The van der Waals surface area contributed by atoms with Gasteiger partial charge < -0.3 is 9.84 Å². The van der Waals surface area contributed by atoms with E-state index in [2.05, 4.69) is 0 Å². The maximum Gasteiger partial charge on any atom is 0.303 e. The van der Waals surface area contributed by atoms with Gasteiger partial charge in [0, 0.05) is 18.8 Å². The molecule has 14 heavy (non-hydrogen) atoms. The number of hydrogen-bond acceptors (Lipinski definition) is 3. The molecule has 1 unspecified atom stereocenters. The molecule has 1 saturated heterocycles. The molecule has 1 N–H and O–H groups in total. The molecule has 0 saturated carbocycles. The van der Waals surface area contributed by atoms with Gasteiger partial charge in [-0.3, -0.25) is 9.59 Å². The molecular weight excluding hydrogens is 184 g/mol. The van der Waals surface area contributed by atoms with Crippen molar-refractivity contribution in [1.82, 2.24) is 0 Å². The summed E-state index contributed by atoms with van der Waals surface area (Å²) >= 11 is 0. The lowest BCUT2D eigenvalue weighted by atomic mass is 9.88. The summed E-state index contributed by atoms with van der Waals surface area (Å²) in [4.78, 5) is 21.9. The fraction of sp³-hybridized carbons (Fsp3) is 0.800. The molecule has 80 valence electrons. The third-order valence-corrected chi connectivity index (χ3v) is 2.44. The first kappa shape index (κ1) is 11.2. The number of ether oxygens (including phenoxy) is 1. The minimum absolute atomic E-state index is 0.0419. The second-order valence-corrected chi connectivity index (χ2v) is 4.34. The van der Waals surface area contributed by atoms with Gasteiger partial charge in [0.15, 0.2) is 0 Å². The van der Waals surface area contributed by atoms with Gasteiger partial charge in [-0.05, 0) is 20.3 Å². The smallest absolute Gasteiger partial charge is 0.303 e. The van der Waals surface area contributed by atoms with Gasteiger partial charge in [0.25, 0.3) is 0 Å².